The summed E-state index contributed by atoms with van der Waals surface area (Å²) in [4.78, 5) is 10.0. The SMILES string of the molecule is CCNC(Cc1ccccn1)c1scnc1C. The van der Waals surface area contributed by atoms with E-state index in [9.17, 15) is 0 Å². The topological polar surface area (TPSA) is 37.8 Å². The molecule has 0 fully saturated rings. The van der Waals surface area contributed by atoms with E-state index in [1.54, 1.807) is 11.3 Å². The van der Waals surface area contributed by atoms with Crippen molar-refractivity contribution in [3.63, 3.8) is 0 Å². The second-order valence-electron chi connectivity index (χ2n) is 3.94. The van der Waals surface area contributed by atoms with E-state index in [1.807, 2.05) is 23.8 Å². The molecule has 17 heavy (non-hydrogen) atoms. The van der Waals surface area contributed by atoms with Crippen LogP contribution in [0.3, 0.4) is 0 Å². The van der Waals surface area contributed by atoms with Crippen LogP contribution in [0, 0.1) is 6.92 Å². The molecule has 4 heteroatoms. The molecule has 0 aliphatic heterocycles. The van der Waals surface area contributed by atoms with Crippen molar-refractivity contribution in [2.24, 2.45) is 0 Å². The maximum absolute atomic E-state index is 4.38. The van der Waals surface area contributed by atoms with Crippen LogP contribution in [0.25, 0.3) is 0 Å². The van der Waals surface area contributed by atoms with Crippen LogP contribution in [0.1, 0.15) is 29.2 Å². The first-order valence-electron chi connectivity index (χ1n) is 5.84. The van der Waals surface area contributed by atoms with E-state index in [0.29, 0.717) is 6.04 Å². The number of rotatable bonds is 5. The van der Waals surface area contributed by atoms with Crippen molar-refractivity contribution in [1.29, 1.82) is 0 Å². The molecule has 1 N–H and O–H groups in total. The highest BCUT2D eigenvalue weighted by atomic mass is 32.1. The Balaban J connectivity index is 2.16. The van der Waals surface area contributed by atoms with Gasteiger partial charge in [0.1, 0.15) is 0 Å². The summed E-state index contributed by atoms with van der Waals surface area (Å²) in [7, 11) is 0. The van der Waals surface area contributed by atoms with Gasteiger partial charge in [-0.3, -0.25) is 4.98 Å². The first-order valence-corrected chi connectivity index (χ1v) is 6.72. The van der Waals surface area contributed by atoms with Crippen LogP contribution in [-0.2, 0) is 6.42 Å². The molecule has 1 atom stereocenters. The molecule has 3 nitrogen and oxygen atoms in total. The molecule has 0 radical (unpaired) electrons. The fraction of sp³-hybridized carbons (Fsp3) is 0.385. The maximum atomic E-state index is 4.38. The molecule has 0 amide bonds. The van der Waals surface area contributed by atoms with E-state index in [-0.39, 0.29) is 0 Å². The Morgan fingerprint density at radius 2 is 2.24 bits per heavy atom. The lowest BCUT2D eigenvalue weighted by atomic mass is 10.1. The predicted molar refractivity (Wildman–Crippen MR) is 71.2 cm³/mol. The van der Waals surface area contributed by atoms with Crippen molar-refractivity contribution in [2.45, 2.75) is 26.3 Å². The molecule has 0 saturated carbocycles. The quantitative estimate of drug-likeness (QED) is 0.883. The smallest absolute Gasteiger partial charge is 0.0798 e. The average molecular weight is 247 g/mol. The molecule has 2 aromatic rings. The highest BCUT2D eigenvalue weighted by Gasteiger charge is 2.16. The lowest BCUT2D eigenvalue weighted by molar-refractivity contribution is 0.549. The minimum absolute atomic E-state index is 0.322. The Morgan fingerprint density at radius 1 is 1.35 bits per heavy atom. The van der Waals surface area contributed by atoms with Gasteiger partial charge in [-0.05, 0) is 25.6 Å². The van der Waals surface area contributed by atoms with Crippen LogP contribution in [-0.4, -0.2) is 16.5 Å². The standard InChI is InChI=1S/C13H17N3S/c1-3-14-12(13-10(2)16-9-17-13)8-11-6-4-5-7-15-11/h4-7,9,12,14H,3,8H2,1-2H3. The Bertz CT molecular complexity index is 453. The number of hydrogen-bond acceptors (Lipinski definition) is 4. The van der Waals surface area contributed by atoms with Gasteiger partial charge in [-0.1, -0.05) is 13.0 Å². The lowest BCUT2D eigenvalue weighted by Crippen LogP contribution is -2.23. The summed E-state index contributed by atoms with van der Waals surface area (Å²) in [5.41, 5.74) is 4.15. The average Bonchev–Trinajstić information content (AvgIpc) is 2.76. The molecule has 2 heterocycles. The zero-order valence-corrected chi connectivity index (χ0v) is 11.0. The summed E-state index contributed by atoms with van der Waals surface area (Å²) in [6, 6.07) is 6.37. The van der Waals surface area contributed by atoms with E-state index >= 15 is 0 Å². The summed E-state index contributed by atoms with van der Waals surface area (Å²) in [5.74, 6) is 0. The first kappa shape index (κ1) is 12.2. The Hall–Kier alpha value is -1.26. The molecule has 2 rings (SSSR count). The van der Waals surface area contributed by atoms with Gasteiger partial charge in [0.05, 0.1) is 11.2 Å². The van der Waals surface area contributed by atoms with Crippen LogP contribution in [0.5, 0.6) is 0 Å². The Kier molecular flexibility index (Phi) is 4.23. The fourth-order valence-electron chi connectivity index (χ4n) is 1.88. The molecule has 1 unspecified atom stereocenters. The monoisotopic (exact) mass is 247 g/mol. The summed E-state index contributed by atoms with van der Waals surface area (Å²) >= 11 is 1.72. The van der Waals surface area contributed by atoms with Crippen LogP contribution in [0.4, 0.5) is 0 Å². The minimum atomic E-state index is 0.322. The number of hydrogen-bond donors (Lipinski definition) is 1. The van der Waals surface area contributed by atoms with E-state index in [1.165, 1.54) is 4.88 Å². The Morgan fingerprint density at radius 3 is 2.82 bits per heavy atom. The van der Waals surface area contributed by atoms with Gasteiger partial charge in [-0.2, -0.15) is 0 Å². The van der Waals surface area contributed by atoms with Gasteiger partial charge in [-0.15, -0.1) is 11.3 Å². The van der Waals surface area contributed by atoms with E-state index in [2.05, 4.69) is 35.2 Å². The molecule has 0 bridgehead atoms. The number of pyridine rings is 1. The van der Waals surface area contributed by atoms with Gasteiger partial charge in [0, 0.05) is 29.2 Å². The fourth-order valence-corrected chi connectivity index (χ4v) is 2.76. The summed E-state index contributed by atoms with van der Waals surface area (Å²) in [6.45, 7) is 5.14. The number of thiazole rings is 1. The third-order valence-corrected chi connectivity index (χ3v) is 3.73. The van der Waals surface area contributed by atoms with Crippen molar-refractivity contribution in [2.75, 3.05) is 6.54 Å². The highest BCUT2D eigenvalue weighted by molar-refractivity contribution is 7.09. The molecule has 0 aromatic carbocycles. The van der Waals surface area contributed by atoms with Gasteiger partial charge in [0.15, 0.2) is 0 Å². The third-order valence-electron chi connectivity index (χ3n) is 2.69. The van der Waals surface area contributed by atoms with Crippen LogP contribution >= 0.6 is 11.3 Å². The van der Waals surface area contributed by atoms with Gasteiger partial charge >= 0.3 is 0 Å². The van der Waals surface area contributed by atoms with Gasteiger partial charge in [0.2, 0.25) is 0 Å². The number of likely N-dealkylation sites (N-methyl/N-ethyl adjacent to an activating group) is 1. The third kappa shape index (κ3) is 3.11. The van der Waals surface area contributed by atoms with E-state index in [0.717, 1.165) is 24.4 Å². The Labute approximate surface area is 106 Å². The van der Waals surface area contributed by atoms with Crippen molar-refractivity contribution >= 4 is 11.3 Å². The second kappa shape index (κ2) is 5.89. The van der Waals surface area contributed by atoms with Crippen molar-refractivity contribution in [3.05, 3.63) is 46.2 Å². The zero-order chi connectivity index (χ0) is 12.1. The molecule has 2 aromatic heterocycles. The summed E-state index contributed by atoms with van der Waals surface area (Å²) in [6.07, 6.45) is 2.76. The summed E-state index contributed by atoms with van der Waals surface area (Å²) in [5, 5.41) is 3.50. The normalized spacial score (nSPS) is 12.6. The number of aromatic nitrogens is 2. The lowest BCUT2D eigenvalue weighted by Gasteiger charge is -2.16. The highest BCUT2D eigenvalue weighted by Crippen LogP contribution is 2.24. The molecular formula is C13H17N3S. The van der Waals surface area contributed by atoms with Gasteiger partial charge < -0.3 is 5.32 Å². The van der Waals surface area contributed by atoms with Crippen molar-refractivity contribution < 1.29 is 0 Å². The molecule has 0 spiro atoms. The zero-order valence-electron chi connectivity index (χ0n) is 10.2. The number of aryl methyl sites for hydroxylation is 1. The molecular weight excluding hydrogens is 230 g/mol. The maximum Gasteiger partial charge on any atom is 0.0798 e. The second-order valence-corrected chi connectivity index (χ2v) is 4.82. The number of nitrogens with one attached hydrogen (secondary N) is 1. The molecule has 0 aliphatic rings. The van der Waals surface area contributed by atoms with Gasteiger partial charge in [0.25, 0.3) is 0 Å². The first-order chi connectivity index (χ1) is 8.31. The largest absolute Gasteiger partial charge is 0.309 e. The summed E-state index contributed by atoms with van der Waals surface area (Å²) < 4.78 is 0. The van der Waals surface area contributed by atoms with Crippen LogP contribution in [0.15, 0.2) is 29.9 Å². The molecule has 0 aliphatic carbocycles. The molecule has 0 saturated heterocycles. The van der Waals surface area contributed by atoms with Gasteiger partial charge in [-0.25, -0.2) is 4.98 Å². The van der Waals surface area contributed by atoms with E-state index in [4.69, 9.17) is 0 Å². The predicted octanol–water partition coefficient (Wildman–Crippen LogP) is 2.74. The van der Waals surface area contributed by atoms with Crippen LogP contribution in [0.2, 0.25) is 0 Å². The van der Waals surface area contributed by atoms with E-state index < -0.39 is 0 Å². The molecule has 90 valence electrons. The van der Waals surface area contributed by atoms with Crippen molar-refractivity contribution in [1.82, 2.24) is 15.3 Å². The number of nitrogens with zero attached hydrogens (tertiary/aromatic N) is 2. The van der Waals surface area contributed by atoms with Crippen molar-refractivity contribution in [3.8, 4) is 0 Å². The minimum Gasteiger partial charge on any atom is -0.309 e. The van der Waals surface area contributed by atoms with Crippen LogP contribution < -0.4 is 5.32 Å².